The van der Waals surface area contributed by atoms with E-state index in [1.165, 1.54) is 79.6 Å². The van der Waals surface area contributed by atoms with Crippen molar-refractivity contribution in [3.8, 4) is 67.9 Å². The first-order chi connectivity index (χ1) is 58.0. The van der Waals surface area contributed by atoms with Crippen molar-refractivity contribution in [1.29, 1.82) is 0 Å². The van der Waals surface area contributed by atoms with Crippen LogP contribution in [0.5, 0.6) is 0 Å². The third-order valence-electron chi connectivity index (χ3n) is 24.9. The Hall–Kier alpha value is -15.4. The zero-order valence-corrected chi connectivity index (χ0v) is 63.6. The van der Waals surface area contributed by atoms with Crippen LogP contribution >= 0.6 is 11.3 Å². The largest absolute Gasteiger partial charge is 0.309 e. The van der Waals surface area contributed by atoms with Gasteiger partial charge in [-0.1, -0.05) is 261 Å². The van der Waals surface area contributed by atoms with E-state index < -0.39 is 0 Å². The number of nitrogens with zero attached hydrogens (tertiary/aromatic N) is 8. The molecule has 0 N–H and O–H groups in total. The van der Waals surface area contributed by atoms with Gasteiger partial charge in [-0.3, -0.25) is 9.13 Å². The minimum atomic E-state index is 0.625. The number of thiophene rings is 1. The summed E-state index contributed by atoms with van der Waals surface area (Å²) in [6.07, 6.45) is 0. The highest BCUT2D eigenvalue weighted by molar-refractivity contribution is 7.26. The van der Waals surface area contributed by atoms with Crippen molar-refractivity contribution in [3.05, 3.63) is 376 Å². The van der Waals surface area contributed by atoms with E-state index in [9.17, 15) is 0 Å². The van der Waals surface area contributed by atoms with Gasteiger partial charge in [0.1, 0.15) is 5.69 Å². The van der Waals surface area contributed by atoms with Gasteiger partial charge in [0, 0.05) is 91.1 Å². The Bertz CT molecular complexity index is 8860. The maximum Gasteiger partial charge on any atom is 0.235 e. The molecule has 26 aromatic rings. The molecule has 540 valence electrons. The Morgan fingerprint density at radius 3 is 1.40 bits per heavy atom. The molecule has 26 rings (SSSR count). The van der Waals surface area contributed by atoms with Crippen molar-refractivity contribution < 1.29 is 0 Å². The second-order valence-corrected chi connectivity index (χ2v) is 32.2. The summed E-state index contributed by atoms with van der Waals surface area (Å²) in [5, 5.41) is 24.5. The van der Waals surface area contributed by atoms with Gasteiger partial charge in [-0.25, -0.2) is 19.9 Å². The fraction of sp³-hybridized carbons (Fsp3) is 0. The fourth-order valence-corrected chi connectivity index (χ4v) is 20.8. The van der Waals surface area contributed by atoms with E-state index >= 15 is 0 Å². The molecule has 117 heavy (non-hydrogen) atoms. The topological polar surface area (TPSA) is 71.3 Å². The van der Waals surface area contributed by atoms with Crippen LogP contribution in [-0.4, -0.2) is 38.2 Å². The van der Waals surface area contributed by atoms with Crippen LogP contribution in [0.25, 0.3) is 251 Å². The molecule has 0 saturated heterocycles. The first-order valence-corrected chi connectivity index (χ1v) is 40.7. The number of rotatable bonds is 8. The Balaban J connectivity index is 0.669. The predicted octanol–water partition coefficient (Wildman–Crippen LogP) is 28.8. The summed E-state index contributed by atoms with van der Waals surface area (Å²) in [4.78, 5) is 23.1. The Labute approximate surface area is 672 Å². The van der Waals surface area contributed by atoms with Crippen LogP contribution < -0.4 is 0 Å². The summed E-state index contributed by atoms with van der Waals surface area (Å²) in [6, 6.07) is 138. The van der Waals surface area contributed by atoms with Gasteiger partial charge < -0.3 is 9.13 Å². The van der Waals surface area contributed by atoms with Crippen LogP contribution in [-0.2, 0) is 0 Å². The van der Waals surface area contributed by atoms with E-state index in [0.29, 0.717) is 5.95 Å². The van der Waals surface area contributed by atoms with Gasteiger partial charge in [0.05, 0.1) is 66.4 Å². The standard InChI is InChI=1S/C108H62N8S/c1-2-21-63(22-3-1)74-47-48-81(78-32-13-12-31-77(74)78)105-107(115-95-53-45-72(61-88(95)102-75-29-10-8-23-64(75)42-51-97(102)115)113-93-39-18-15-33-79(93)85-55-66-25-4-6-27-68(66)59-99(85)113)110-91-49-41-71(58-92(91)109-105)70-44-50-94-86(57-70)87-56-67-26-5-7-28-69(67)60-100(87)114(94)73-46-54-96-89(62-73)103-76-30-11-9-24-65(76)43-52-98(103)116(96)108-111-90-38-17-14-35-83(90)104(112-108)84-37-20-36-82-80-34-16-19-40-101(80)117-106(82)84/h1-62H. The number of aromatic nitrogens is 8. The smallest absolute Gasteiger partial charge is 0.235 e. The van der Waals surface area contributed by atoms with Crippen LogP contribution in [0, 0.1) is 0 Å². The third-order valence-corrected chi connectivity index (χ3v) is 26.1. The maximum atomic E-state index is 5.99. The minimum Gasteiger partial charge on any atom is -0.309 e. The lowest BCUT2D eigenvalue weighted by molar-refractivity contribution is 1.01. The van der Waals surface area contributed by atoms with Gasteiger partial charge >= 0.3 is 0 Å². The Kier molecular flexibility index (Phi) is 13.5. The quantitative estimate of drug-likeness (QED) is 0.152. The number of para-hydroxylation sites is 2. The molecule has 0 spiro atoms. The van der Waals surface area contributed by atoms with Crippen molar-refractivity contribution in [2.45, 2.75) is 0 Å². The summed E-state index contributed by atoms with van der Waals surface area (Å²) in [7, 11) is 0. The minimum absolute atomic E-state index is 0.625. The lowest BCUT2D eigenvalue weighted by atomic mass is 9.93. The van der Waals surface area contributed by atoms with E-state index in [2.05, 4.69) is 394 Å². The molecular weight excluding hydrogens is 1440 g/mol. The Morgan fingerprint density at radius 1 is 0.205 bits per heavy atom. The number of hydrogen-bond donors (Lipinski definition) is 0. The van der Waals surface area contributed by atoms with E-state index in [1.54, 1.807) is 0 Å². The van der Waals surface area contributed by atoms with Gasteiger partial charge in [-0.05, 0) is 191 Å². The molecule has 0 aliphatic heterocycles. The normalized spacial score (nSPS) is 12.3. The van der Waals surface area contributed by atoms with Gasteiger partial charge in [-0.15, -0.1) is 11.3 Å². The lowest BCUT2D eigenvalue weighted by Gasteiger charge is -2.17. The lowest BCUT2D eigenvalue weighted by Crippen LogP contribution is -2.04. The average molecular weight is 1500 g/mol. The molecule has 9 heteroatoms. The molecule has 0 aliphatic rings. The molecule has 0 saturated carbocycles. The molecular formula is C108H62N8S. The second-order valence-electron chi connectivity index (χ2n) is 31.1. The molecule has 0 bridgehead atoms. The van der Waals surface area contributed by atoms with Crippen molar-refractivity contribution in [2.24, 2.45) is 0 Å². The highest BCUT2D eigenvalue weighted by Crippen LogP contribution is 2.48. The molecule has 0 unspecified atom stereocenters. The molecule has 0 fully saturated rings. The predicted molar refractivity (Wildman–Crippen MR) is 492 cm³/mol. The molecule has 7 heterocycles. The van der Waals surface area contributed by atoms with Gasteiger partial charge in [-0.2, -0.15) is 0 Å². The summed E-state index contributed by atoms with van der Waals surface area (Å²) >= 11 is 1.83. The summed E-state index contributed by atoms with van der Waals surface area (Å²) in [5.41, 5.74) is 21.5. The van der Waals surface area contributed by atoms with E-state index in [1.807, 2.05) is 11.3 Å². The molecule has 19 aromatic carbocycles. The van der Waals surface area contributed by atoms with Crippen LogP contribution in [0.1, 0.15) is 0 Å². The highest BCUT2D eigenvalue weighted by atomic mass is 32.1. The molecule has 8 nitrogen and oxygen atoms in total. The SMILES string of the molecule is c1ccc(-c2ccc(-c3nc4cc(-c5ccc6c(c5)c5cc7ccccc7cc5n6-c5ccc6c(c5)c5c7ccccc7ccc5n6-c5nc(-c6cccc7c6sc6ccccc67)c6ccccc6n5)ccc4nc3-n3c4ccc(-n5c6ccccc6c6cc7ccccc7cc65)cc4c4c5ccccc5ccc43)c3ccccc23)cc1. The monoisotopic (exact) mass is 1500 g/mol. The second kappa shape index (κ2) is 24.5. The zero-order valence-electron chi connectivity index (χ0n) is 62.8. The highest BCUT2D eigenvalue weighted by Gasteiger charge is 2.28. The van der Waals surface area contributed by atoms with Crippen molar-refractivity contribution in [3.63, 3.8) is 0 Å². The van der Waals surface area contributed by atoms with E-state index in [-0.39, 0.29) is 0 Å². The first kappa shape index (κ1) is 64.1. The zero-order chi connectivity index (χ0) is 76.2. The number of fused-ring (bicyclic) bond motifs is 24. The van der Waals surface area contributed by atoms with Crippen LogP contribution in [0.3, 0.4) is 0 Å². The van der Waals surface area contributed by atoms with Crippen LogP contribution in [0.2, 0.25) is 0 Å². The number of hydrogen-bond acceptors (Lipinski definition) is 5. The van der Waals surface area contributed by atoms with Gasteiger partial charge in [0.25, 0.3) is 0 Å². The van der Waals surface area contributed by atoms with Gasteiger partial charge in [0.15, 0.2) is 5.82 Å². The molecule has 0 aliphatic carbocycles. The van der Waals surface area contributed by atoms with Crippen LogP contribution in [0.15, 0.2) is 376 Å². The average Bonchev–Trinajstić information content (AvgIpc) is 1.58. The third kappa shape index (κ3) is 9.45. The number of benzene rings is 19. The summed E-state index contributed by atoms with van der Waals surface area (Å²) < 4.78 is 12.1. The van der Waals surface area contributed by atoms with E-state index in [0.717, 1.165) is 166 Å². The fourth-order valence-electron chi connectivity index (χ4n) is 19.6. The Morgan fingerprint density at radius 2 is 0.701 bits per heavy atom. The molecule has 0 atom stereocenters. The molecule has 0 amide bonds. The molecule has 0 radical (unpaired) electrons. The first-order valence-electron chi connectivity index (χ1n) is 39.9. The van der Waals surface area contributed by atoms with Gasteiger partial charge in [0.2, 0.25) is 5.95 Å². The van der Waals surface area contributed by atoms with Crippen LogP contribution in [0.4, 0.5) is 0 Å². The molecule has 7 aromatic heterocycles. The van der Waals surface area contributed by atoms with Crippen molar-refractivity contribution >= 4 is 195 Å². The van der Waals surface area contributed by atoms with Crippen molar-refractivity contribution in [2.75, 3.05) is 0 Å². The summed E-state index contributed by atoms with van der Waals surface area (Å²) in [6.45, 7) is 0. The van der Waals surface area contributed by atoms with E-state index in [4.69, 9.17) is 19.9 Å². The maximum absolute atomic E-state index is 5.99. The summed E-state index contributed by atoms with van der Waals surface area (Å²) in [5.74, 6) is 1.38. The van der Waals surface area contributed by atoms with Crippen molar-refractivity contribution in [1.82, 2.24) is 38.2 Å².